The zero-order chi connectivity index (χ0) is 20.6. The van der Waals surface area contributed by atoms with Crippen molar-refractivity contribution in [3.05, 3.63) is 59.6 Å². The summed E-state index contributed by atoms with van der Waals surface area (Å²) in [7, 11) is 0. The highest BCUT2D eigenvalue weighted by molar-refractivity contribution is 7.98. The van der Waals surface area contributed by atoms with E-state index in [-0.39, 0.29) is 6.04 Å². The number of anilines is 1. The fraction of sp³-hybridized carbons (Fsp3) is 0.381. The highest BCUT2D eigenvalue weighted by Gasteiger charge is 2.14. The second kappa shape index (κ2) is 10.6. The van der Waals surface area contributed by atoms with Gasteiger partial charge in [0, 0.05) is 23.5 Å². The molecule has 1 N–H and O–H groups in total. The first-order valence-corrected chi connectivity index (χ1v) is 11.1. The van der Waals surface area contributed by atoms with Crippen LogP contribution < -0.4 is 5.32 Å². The third-order valence-electron chi connectivity index (χ3n) is 4.25. The van der Waals surface area contributed by atoms with Crippen molar-refractivity contribution in [1.82, 2.24) is 19.5 Å². The lowest BCUT2D eigenvalue weighted by molar-refractivity contribution is 0.107. The van der Waals surface area contributed by atoms with E-state index in [4.69, 9.17) is 16.3 Å². The van der Waals surface area contributed by atoms with E-state index < -0.39 is 0 Å². The molecule has 0 amide bonds. The van der Waals surface area contributed by atoms with Gasteiger partial charge in [0.1, 0.15) is 18.0 Å². The Labute approximate surface area is 181 Å². The molecule has 0 unspecified atom stereocenters. The van der Waals surface area contributed by atoms with Crippen LogP contribution in [0.3, 0.4) is 0 Å². The number of rotatable bonds is 10. The summed E-state index contributed by atoms with van der Waals surface area (Å²) in [6.45, 7) is 5.55. The van der Waals surface area contributed by atoms with Crippen LogP contribution in [0.15, 0.2) is 54.2 Å². The Bertz CT molecular complexity index is 887. The van der Waals surface area contributed by atoms with Gasteiger partial charge in [-0.3, -0.25) is 4.57 Å². The van der Waals surface area contributed by atoms with E-state index in [1.807, 2.05) is 47.4 Å². The average Bonchev–Trinajstić information content (AvgIpc) is 3.23. The Kier molecular flexibility index (Phi) is 7.91. The van der Waals surface area contributed by atoms with Gasteiger partial charge in [-0.15, -0.1) is 0 Å². The molecule has 0 aliphatic carbocycles. The summed E-state index contributed by atoms with van der Waals surface area (Å²) in [6, 6.07) is 9.81. The van der Waals surface area contributed by atoms with Gasteiger partial charge in [-0.1, -0.05) is 49.3 Å². The molecule has 6 nitrogen and oxygen atoms in total. The van der Waals surface area contributed by atoms with Crippen LogP contribution >= 0.6 is 23.4 Å². The van der Waals surface area contributed by atoms with Crippen LogP contribution in [0.4, 0.5) is 5.82 Å². The number of hydrogen-bond acceptors (Lipinski definition) is 6. The van der Waals surface area contributed by atoms with Crippen LogP contribution in [-0.4, -0.2) is 38.4 Å². The normalized spacial score (nSPS) is 12.3. The monoisotopic (exact) mass is 431 g/mol. The van der Waals surface area contributed by atoms with Crippen LogP contribution in [0.2, 0.25) is 5.02 Å². The first kappa shape index (κ1) is 21.6. The van der Waals surface area contributed by atoms with Crippen molar-refractivity contribution in [3.8, 4) is 5.82 Å². The molecule has 2 heterocycles. The van der Waals surface area contributed by atoms with E-state index in [2.05, 4.69) is 34.1 Å². The standard InChI is InChI=1S/C21H26ClN5OS/c1-15(2)10-18(13-28-12-16-4-6-17(22)7-5-16)24-19-11-20(26-21(25-19)29-3)27-9-8-23-14-27/h4-9,11,14-15,18H,10,12-13H2,1-3H3,(H,24,25,26)/t18-/m1/s1. The summed E-state index contributed by atoms with van der Waals surface area (Å²) in [5.74, 6) is 2.10. The predicted octanol–water partition coefficient (Wildman–Crippen LogP) is 5.08. The van der Waals surface area contributed by atoms with Gasteiger partial charge < -0.3 is 10.1 Å². The Hall–Kier alpha value is -2.09. The van der Waals surface area contributed by atoms with Gasteiger partial charge in [0.25, 0.3) is 0 Å². The Balaban J connectivity index is 1.68. The lowest BCUT2D eigenvalue weighted by atomic mass is 10.0. The Morgan fingerprint density at radius 2 is 2.00 bits per heavy atom. The van der Waals surface area contributed by atoms with Gasteiger partial charge in [-0.25, -0.2) is 15.0 Å². The van der Waals surface area contributed by atoms with Gasteiger partial charge in [0.15, 0.2) is 5.16 Å². The van der Waals surface area contributed by atoms with E-state index >= 15 is 0 Å². The molecule has 3 aromatic rings. The molecule has 0 saturated heterocycles. The minimum Gasteiger partial charge on any atom is -0.375 e. The first-order valence-electron chi connectivity index (χ1n) is 9.53. The number of nitrogens with one attached hydrogen (secondary N) is 1. The van der Waals surface area contributed by atoms with Gasteiger partial charge in [-0.05, 0) is 36.3 Å². The molecular formula is C21H26ClN5OS. The summed E-state index contributed by atoms with van der Waals surface area (Å²) < 4.78 is 7.86. The zero-order valence-corrected chi connectivity index (χ0v) is 18.5. The Morgan fingerprint density at radius 1 is 1.21 bits per heavy atom. The maximum Gasteiger partial charge on any atom is 0.191 e. The molecule has 0 radical (unpaired) electrons. The fourth-order valence-electron chi connectivity index (χ4n) is 2.95. The third-order valence-corrected chi connectivity index (χ3v) is 5.05. The molecule has 3 rings (SSSR count). The van der Waals surface area contributed by atoms with Crippen molar-refractivity contribution in [3.63, 3.8) is 0 Å². The van der Waals surface area contributed by atoms with Crippen molar-refractivity contribution in [2.75, 3.05) is 18.2 Å². The topological polar surface area (TPSA) is 64.9 Å². The maximum absolute atomic E-state index is 5.98. The van der Waals surface area contributed by atoms with Crippen LogP contribution in [0.25, 0.3) is 5.82 Å². The van der Waals surface area contributed by atoms with Gasteiger partial charge in [0.05, 0.1) is 19.3 Å². The van der Waals surface area contributed by atoms with Crippen molar-refractivity contribution >= 4 is 29.2 Å². The van der Waals surface area contributed by atoms with Gasteiger partial charge >= 0.3 is 0 Å². The number of halogens is 1. The number of ether oxygens (including phenoxy) is 1. The number of thioether (sulfide) groups is 1. The third kappa shape index (κ3) is 6.73. The maximum atomic E-state index is 5.98. The molecule has 154 valence electrons. The highest BCUT2D eigenvalue weighted by atomic mass is 35.5. The molecule has 2 aromatic heterocycles. The van der Waals surface area contributed by atoms with Crippen LogP contribution in [0.1, 0.15) is 25.8 Å². The lowest BCUT2D eigenvalue weighted by Gasteiger charge is -2.22. The molecule has 8 heteroatoms. The van der Waals surface area contributed by atoms with Crippen LogP contribution in [0.5, 0.6) is 0 Å². The largest absolute Gasteiger partial charge is 0.375 e. The molecule has 0 saturated carbocycles. The van der Waals surface area contributed by atoms with E-state index in [9.17, 15) is 0 Å². The van der Waals surface area contributed by atoms with Crippen LogP contribution in [0, 0.1) is 5.92 Å². The summed E-state index contributed by atoms with van der Waals surface area (Å²) in [5, 5.41) is 4.98. The first-order chi connectivity index (χ1) is 14.0. The summed E-state index contributed by atoms with van der Waals surface area (Å²) in [4.78, 5) is 13.3. The van der Waals surface area contributed by atoms with Crippen molar-refractivity contribution in [2.45, 2.75) is 38.1 Å². The predicted molar refractivity (Wildman–Crippen MR) is 119 cm³/mol. The van der Waals surface area contributed by atoms with Crippen molar-refractivity contribution < 1.29 is 4.74 Å². The van der Waals surface area contributed by atoms with E-state index in [0.717, 1.165) is 28.6 Å². The molecule has 0 aliphatic rings. The Morgan fingerprint density at radius 3 is 2.66 bits per heavy atom. The lowest BCUT2D eigenvalue weighted by Crippen LogP contribution is -2.28. The van der Waals surface area contributed by atoms with Crippen molar-refractivity contribution in [1.29, 1.82) is 0 Å². The molecule has 1 atom stereocenters. The number of hydrogen-bond donors (Lipinski definition) is 1. The molecule has 0 spiro atoms. The smallest absolute Gasteiger partial charge is 0.191 e. The number of aromatic nitrogens is 4. The summed E-state index contributed by atoms with van der Waals surface area (Å²) in [6.07, 6.45) is 8.28. The number of imidazole rings is 1. The average molecular weight is 432 g/mol. The van der Waals surface area contributed by atoms with E-state index in [1.165, 1.54) is 11.8 Å². The molecule has 0 bridgehead atoms. The minimum atomic E-state index is 0.141. The molecule has 1 aromatic carbocycles. The van der Waals surface area contributed by atoms with Gasteiger partial charge in [0.2, 0.25) is 0 Å². The number of nitrogens with zero attached hydrogens (tertiary/aromatic N) is 4. The van der Waals surface area contributed by atoms with Crippen LogP contribution in [-0.2, 0) is 11.3 Å². The second-order valence-electron chi connectivity index (χ2n) is 7.18. The van der Waals surface area contributed by atoms with E-state index in [0.29, 0.717) is 24.3 Å². The highest BCUT2D eigenvalue weighted by Crippen LogP contribution is 2.19. The van der Waals surface area contributed by atoms with Gasteiger partial charge in [-0.2, -0.15) is 0 Å². The molecule has 0 aliphatic heterocycles. The van der Waals surface area contributed by atoms with E-state index in [1.54, 1.807) is 12.5 Å². The molecule has 29 heavy (non-hydrogen) atoms. The molecule has 0 fully saturated rings. The SMILES string of the molecule is CSc1nc(N[C@@H](COCc2ccc(Cl)cc2)CC(C)C)cc(-n2ccnc2)n1. The number of benzene rings is 1. The molecular weight excluding hydrogens is 406 g/mol. The minimum absolute atomic E-state index is 0.141. The van der Waals surface area contributed by atoms with Crippen molar-refractivity contribution in [2.24, 2.45) is 5.92 Å². The zero-order valence-electron chi connectivity index (χ0n) is 16.9. The quantitative estimate of drug-likeness (QED) is 0.356. The fourth-order valence-corrected chi connectivity index (χ4v) is 3.45. The summed E-state index contributed by atoms with van der Waals surface area (Å²) in [5.41, 5.74) is 1.10. The second-order valence-corrected chi connectivity index (χ2v) is 8.39. The summed E-state index contributed by atoms with van der Waals surface area (Å²) >= 11 is 7.46.